The van der Waals surface area contributed by atoms with Crippen molar-refractivity contribution in [3.63, 3.8) is 0 Å². The number of imide groups is 1. The molecular formula is C13H18N4O3. The molecule has 0 aliphatic carbocycles. The number of rotatable bonds is 5. The maximum atomic E-state index is 12.0. The average Bonchev–Trinajstić information content (AvgIpc) is 2.48. The van der Waals surface area contributed by atoms with E-state index in [9.17, 15) is 14.4 Å². The molecule has 0 saturated carbocycles. The molecule has 20 heavy (non-hydrogen) atoms. The van der Waals surface area contributed by atoms with Crippen LogP contribution in [0.3, 0.4) is 0 Å². The van der Waals surface area contributed by atoms with Crippen molar-refractivity contribution < 1.29 is 14.4 Å². The van der Waals surface area contributed by atoms with Gasteiger partial charge in [-0.3, -0.25) is 20.2 Å². The molecule has 7 heteroatoms. The Bertz CT molecular complexity index is 476. The number of hydrogen-bond acceptors (Lipinski definition) is 4. The molecule has 1 atom stereocenters. The number of carbonyl (C=O) groups excluding carboxylic acids is 3. The standard InChI is InChI=1S/C13H18N4O3/c1-14-10(18)8-16-11(9-6-4-3-5-7-9)12(19)17-13(20)15-2/h3-7,11,16H,8H2,1-2H3,(H,14,18)(H2,15,17,19,20)/t11-/m0/s1. The Kier molecular flexibility index (Phi) is 6.18. The SMILES string of the molecule is CNC(=O)CN[C@H](C(=O)NC(=O)NC)c1ccccc1. The van der Waals surface area contributed by atoms with Gasteiger partial charge in [-0.05, 0) is 5.56 Å². The molecule has 0 heterocycles. The van der Waals surface area contributed by atoms with Crippen LogP contribution in [0.1, 0.15) is 11.6 Å². The fourth-order valence-corrected chi connectivity index (χ4v) is 1.54. The van der Waals surface area contributed by atoms with Crippen LogP contribution in [0, 0.1) is 0 Å². The maximum absolute atomic E-state index is 12.0. The van der Waals surface area contributed by atoms with Gasteiger partial charge in [0, 0.05) is 14.1 Å². The van der Waals surface area contributed by atoms with Crippen molar-refractivity contribution in [2.75, 3.05) is 20.6 Å². The molecule has 108 valence electrons. The Balaban J connectivity index is 2.81. The minimum Gasteiger partial charge on any atom is -0.358 e. The lowest BCUT2D eigenvalue weighted by Gasteiger charge is -2.17. The molecule has 0 aliphatic rings. The van der Waals surface area contributed by atoms with Gasteiger partial charge in [-0.15, -0.1) is 0 Å². The van der Waals surface area contributed by atoms with Crippen molar-refractivity contribution in [3.05, 3.63) is 35.9 Å². The summed E-state index contributed by atoms with van der Waals surface area (Å²) in [5, 5.41) is 9.75. The summed E-state index contributed by atoms with van der Waals surface area (Å²) < 4.78 is 0. The van der Waals surface area contributed by atoms with Gasteiger partial charge in [0.15, 0.2) is 0 Å². The normalized spacial score (nSPS) is 11.3. The highest BCUT2D eigenvalue weighted by atomic mass is 16.2. The third-order valence-electron chi connectivity index (χ3n) is 2.60. The maximum Gasteiger partial charge on any atom is 0.321 e. The molecule has 0 aromatic heterocycles. The van der Waals surface area contributed by atoms with E-state index in [1.165, 1.54) is 14.1 Å². The third kappa shape index (κ3) is 4.69. The zero-order chi connectivity index (χ0) is 15.0. The van der Waals surface area contributed by atoms with Gasteiger partial charge in [0.05, 0.1) is 6.54 Å². The summed E-state index contributed by atoms with van der Waals surface area (Å²) in [5.74, 6) is -0.780. The quantitative estimate of drug-likeness (QED) is 0.584. The van der Waals surface area contributed by atoms with E-state index in [1.54, 1.807) is 24.3 Å². The number of amides is 4. The Hall–Kier alpha value is -2.41. The number of hydrogen-bond donors (Lipinski definition) is 4. The van der Waals surface area contributed by atoms with Gasteiger partial charge in [-0.2, -0.15) is 0 Å². The van der Waals surface area contributed by atoms with Gasteiger partial charge in [0.1, 0.15) is 6.04 Å². The first-order valence-corrected chi connectivity index (χ1v) is 6.10. The van der Waals surface area contributed by atoms with Crippen LogP contribution < -0.4 is 21.3 Å². The van der Waals surface area contributed by atoms with Gasteiger partial charge in [0.2, 0.25) is 11.8 Å². The molecule has 0 bridgehead atoms. The first-order valence-electron chi connectivity index (χ1n) is 6.10. The van der Waals surface area contributed by atoms with E-state index in [0.29, 0.717) is 5.56 Å². The molecule has 0 fully saturated rings. The molecule has 0 aliphatic heterocycles. The van der Waals surface area contributed by atoms with Crippen molar-refractivity contribution in [1.82, 2.24) is 21.3 Å². The summed E-state index contributed by atoms with van der Waals surface area (Å²) in [7, 11) is 2.92. The highest BCUT2D eigenvalue weighted by Crippen LogP contribution is 2.12. The Morgan fingerprint density at radius 2 is 1.70 bits per heavy atom. The molecule has 7 nitrogen and oxygen atoms in total. The second kappa shape index (κ2) is 7.90. The topological polar surface area (TPSA) is 99.3 Å². The average molecular weight is 278 g/mol. The van der Waals surface area contributed by atoms with E-state index in [2.05, 4.69) is 21.3 Å². The predicted molar refractivity (Wildman–Crippen MR) is 73.9 cm³/mol. The second-order valence-electron chi connectivity index (χ2n) is 3.97. The van der Waals surface area contributed by atoms with E-state index < -0.39 is 18.0 Å². The lowest BCUT2D eigenvalue weighted by atomic mass is 10.1. The first kappa shape index (κ1) is 15.6. The largest absolute Gasteiger partial charge is 0.358 e. The Morgan fingerprint density at radius 3 is 2.25 bits per heavy atom. The van der Waals surface area contributed by atoms with Crippen molar-refractivity contribution >= 4 is 17.8 Å². The van der Waals surface area contributed by atoms with Crippen molar-refractivity contribution in [2.45, 2.75) is 6.04 Å². The zero-order valence-electron chi connectivity index (χ0n) is 11.4. The van der Waals surface area contributed by atoms with E-state index in [0.717, 1.165) is 0 Å². The zero-order valence-corrected chi connectivity index (χ0v) is 11.4. The molecular weight excluding hydrogens is 260 g/mol. The minimum atomic E-state index is -0.786. The smallest absolute Gasteiger partial charge is 0.321 e. The van der Waals surface area contributed by atoms with Crippen molar-refractivity contribution in [2.24, 2.45) is 0 Å². The van der Waals surface area contributed by atoms with E-state index in [4.69, 9.17) is 0 Å². The molecule has 0 spiro atoms. The molecule has 4 N–H and O–H groups in total. The van der Waals surface area contributed by atoms with Gasteiger partial charge in [-0.25, -0.2) is 4.79 Å². The molecule has 0 saturated heterocycles. The number of nitrogens with one attached hydrogen (secondary N) is 4. The van der Waals surface area contributed by atoms with Crippen LogP contribution in [0.5, 0.6) is 0 Å². The summed E-state index contributed by atoms with van der Waals surface area (Å²) in [4.78, 5) is 34.5. The van der Waals surface area contributed by atoms with Crippen LogP contribution in [0.2, 0.25) is 0 Å². The summed E-state index contributed by atoms with van der Waals surface area (Å²) in [6, 6.07) is 7.46. The molecule has 1 aromatic carbocycles. The van der Waals surface area contributed by atoms with E-state index in [-0.39, 0.29) is 12.5 Å². The van der Waals surface area contributed by atoms with Crippen LogP contribution in [-0.2, 0) is 9.59 Å². The number of likely N-dealkylation sites (N-methyl/N-ethyl adjacent to an activating group) is 1. The second-order valence-corrected chi connectivity index (χ2v) is 3.97. The number of carbonyl (C=O) groups is 3. The third-order valence-corrected chi connectivity index (χ3v) is 2.60. The summed E-state index contributed by atoms with van der Waals surface area (Å²) in [6.45, 7) is -0.0305. The van der Waals surface area contributed by atoms with Crippen LogP contribution in [0.25, 0.3) is 0 Å². The van der Waals surface area contributed by atoms with Crippen LogP contribution in [-0.4, -0.2) is 38.5 Å². The van der Waals surface area contributed by atoms with Crippen molar-refractivity contribution in [3.8, 4) is 0 Å². The monoisotopic (exact) mass is 278 g/mol. The molecule has 4 amide bonds. The summed E-state index contributed by atoms with van der Waals surface area (Å²) in [5.41, 5.74) is 0.665. The Morgan fingerprint density at radius 1 is 1.05 bits per heavy atom. The van der Waals surface area contributed by atoms with Gasteiger partial charge in [-0.1, -0.05) is 30.3 Å². The van der Waals surface area contributed by atoms with Crippen LogP contribution >= 0.6 is 0 Å². The molecule has 0 radical (unpaired) electrons. The molecule has 1 rings (SSSR count). The first-order chi connectivity index (χ1) is 9.58. The fraction of sp³-hybridized carbons (Fsp3) is 0.308. The molecule has 0 unspecified atom stereocenters. The highest BCUT2D eigenvalue weighted by molar-refractivity contribution is 5.97. The number of urea groups is 1. The summed E-state index contributed by atoms with van der Waals surface area (Å²) in [6.07, 6.45) is 0. The Labute approximate surface area is 117 Å². The lowest BCUT2D eigenvalue weighted by molar-refractivity contribution is -0.123. The van der Waals surface area contributed by atoms with E-state index in [1.807, 2.05) is 6.07 Å². The predicted octanol–water partition coefficient (Wildman–Crippen LogP) is -0.481. The minimum absolute atomic E-state index is 0.0305. The van der Waals surface area contributed by atoms with Gasteiger partial charge >= 0.3 is 6.03 Å². The fourth-order valence-electron chi connectivity index (χ4n) is 1.54. The van der Waals surface area contributed by atoms with Gasteiger partial charge in [0.25, 0.3) is 0 Å². The van der Waals surface area contributed by atoms with Gasteiger partial charge < -0.3 is 10.6 Å². The highest BCUT2D eigenvalue weighted by Gasteiger charge is 2.22. The number of benzene rings is 1. The lowest BCUT2D eigenvalue weighted by Crippen LogP contribution is -2.45. The van der Waals surface area contributed by atoms with Crippen LogP contribution in [0.15, 0.2) is 30.3 Å². The van der Waals surface area contributed by atoms with E-state index >= 15 is 0 Å². The summed E-state index contributed by atoms with van der Waals surface area (Å²) >= 11 is 0. The molecule has 1 aromatic rings. The van der Waals surface area contributed by atoms with Crippen molar-refractivity contribution in [1.29, 1.82) is 0 Å². The van der Waals surface area contributed by atoms with Crippen LogP contribution in [0.4, 0.5) is 4.79 Å².